The number of ether oxygens (including phenoxy) is 1. The smallest absolute Gasteiger partial charge is 0.407 e. The summed E-state index contributed by atoms with van der Waals surface area (Å²) >= 11 is 0. The maximum Gasteiger partial charge on any atom is 0.407 e. The molecule has 206 valence electrons. The molecule has 1 unspecified atom stereocenters. The highest BCUT2D eigenvalue weighted by Gasteiger charge is 2.45. The Hall–Kier alpha value is -4.20. The first kappa shape index (κ1) is 27.8. The standard InChI is InChI=1S/C28H32N4O7/c1-28(2,3)39-27(38)29-18-13-15-31(16-14-18)22(34)10-5-4-7-17-8-6-9-19-23(17)26(37)32(25(19)36)20-11-12-21(33)30-24(20)35/h6,8-9,18,20H,5,10-16H2,1-3H3,(H,29,38)(H,30,33,35). The lowest BCUT2D eigenvalue weighted by molar-refractivity contribution is -0.136. The highest BCUT2D eigenvalue weighted by molar-refractivity contribution is 6.24. The average molecular weight is 537 g/mol. The van der Waals surface area contributed by atoms with Gasteiger partial charge in [-0.15, -0.1) is 0 Å². The Morgan fingerprint density at radius 1 is 1.08 bits per heavy atom. The Balaban J connectivity index is 1.31. The van der Waals surface area contributed by atoms with Gasteiger partial charge in [-0.2, -0.15) is 0 Å². The number of piperidine rings is 2. The molecule has 3 heterocycles. The molecule has 0 spiro atoms. The van der Waals surface area contributed by atoms with Crippen LogP contribution in [0.3, 0.4) is 0 Å². The number of likely N-dealkylation sites (tertiary alicyclic amines) is 1. The number of rotatable bonds is 4. The molecule has 1 atom stereocenters. The molecule has 39 heavy (non-hydrogen) atoms. The number of hydrogen-bond acceptors (Lipinski definition) is 7. The number of nitrogens with zero attached hydrogens (tertiary/aromatic N) is 2. The van der Waals surface area contributed by atoms with Gasteiger partial charge in [0.2, 0.25) is 17.7 Å². The van der Waals surface area contributed by atoms with Crippen molar-refractivity contribution in [3.05, 3.63) is 34.9 Å². The van der Waals surface area contributed by atoms with Crippen LogP contribution < -0.4 is 10.6 Å². The average Bonchev–Trinajstić information content (AvgIpc) is 3.11. The molecule has 3 aliphatic heterocycles. The van der Waals surface area contributed by atoms with E-state index in [0.717, 1.165) is 4.90 Å². The van der Waals surface area contributed by atoms with E-state index in [-0.39, 0.29) is 48.8 Å². The van der Waals surface area contributed by atoms with Gasteiger partial charge < -0.3 is 15.0 Å². The molecule has 1 aromatic carbocycles. The molecular formula is C28H32N4O7. The SMILES string of the molecule is CC(C)(C)OC(=O)NC1CCN(C(=O)CCC#Cc2cccc3c2C(=O)N(C2CCC(=O)NC2=O)C3=O)CC1. The van der Waals surface area contributed by atoms with Crippen LogP contribution in [0.2, 0.25) is 0 Å². The third-order valence-corrected chi connectivity index (χ3v) is 6.72. The minimum atomic E-state index is -1.04. The maximum atomic E-state index is 13.1. The van der Waals surface area contributed by atoms with Gasteiger partial charge in [-0.25, -0.2) is 4.79 Å². The van der Waals surface area contributed by atoms with Gasteiger partial charge in [0.05, 0.1) is 11.1 Å². The first-order valence-electron chi connectivity index (χ1n) is 13.1. The lowest BCUT2D eigenvalue weighted by atomic mass is 10.0. The fraction of sp³-hybridized carbons (Fsp3) is 0.500. The minimum absolute atomic E-state index is 0.0441. The predicted octanol–water partition coefficient (Wildman–Crippen LogP) is 1.74. The minimum Gasteiger partial charge on any atom is -0.444 e. The maximum absolute atomic E-state index is 13.1. The number of hydrogen-bond donors (Lipinski definition) is 2. The van der Waals surface area contributed by atoms with Crippen LogP contribution in [-0.2, 0) is 19.1 Å². The van der Waals surface area contributed by atoms with Crippen LogP contribution >= 0.6 is 0 Å². The van der Waals surface area contributed by atoms with Crippen LogP contribution in [0, 0.1) is 11.8 Å². The highest BCUT2D eigenvalue weighted by atomic mass is 16.6. The molecule has 6 amide bonds. The van der Waals surface area contributed by atoms with Crippen molar-refractivity contribution >= 4 is 35.6 Å². The second kappa shape index (κ2) is 11.3. The van der Waals surface area contributed by atoms with Gasteiger partial charge in [-0.3, -0.25) is 34.2 Å². The van der Waals surface area contributed by atoms with Crippen LogP contribution in [0.25, 0.3) is 0 Å². The second-order valence-corrected chi connectivity index (χ2v) is 10.8. The molecule has 0 bridgehead atoms. The van der Waals surface area contributed by atoms with Crippen molar-refractivity contribution in [1.29, 1.82) is 0 Å². The monoisotopic (exact) mass is 536 g/mol. The molecule has 11 heteroatoms. The lowest BCUT2D eigenvalue weighted by Crippen LogP contribution is -2.54. The first-order chi connectivity index (χ1) is 18.4. The van der Waals surface area contributed by atoms with E-state index in [2.05, 4.69) is 22.5 Å². The molecule has 0 aromatic heterocycles. The van der Waals surface area contributed by atoms with Gasteiger partial charge in [0.1, 0.15) is 11.6 Å². The number of amides is 6. The van der Waals surface area contributed by atoms with E-state index in [4.69, 9.17) is 4.74 Å². The summed E-state index contributed by atoms with van der Waals surface area (Å²) in [6.07, 6.45) is 1.38. The van der Waals surface area contributed by atoms with E-state index >= 15 is 0 Å². The zero-order valence-electron chi connectivity index (χ0n) is 22.3. The predicted molar refractivity (Wildman–Crippen MR) is 138 cm³/mol. The quantitative estimate of drug-likeness (QED) is 0.441. The van der Waals surface area contributed by atoms with E-state index < -0.39 is 41.4 Å². The summed E-state index contributed by atoms with van der Waals surface area (Å²) < 4.78 is 5.28. The van der Waals surface area contributed by atoms with Crippen LogP contribution in [0.1, 0.15) is 85.6 Å². The first-order valence-corrected chi connectivity index (χ1v) is 13.1. The van der Waals surface area contributed by atoms with E-state index in [1.54, 1.807) is 37.8 Å². The number of nitrogens with one attached hydrogen (secondary N) is 2. The van der Waals surface area contributed by atoms with Crippen LogP contribution in [0.4, 0.5) is 4.79 Å². The Morgan fingerprint density at radius 3 is 2.46 bits per heavy atom. The van der Waals surface area contributed by atoms with Gasteiger partial charge in [-0.05, 0) is 52.2 Å². The zero-order valence-corrected chi connectivity index (χ0v) is 22.3. The number of benzene rings is 1. The van der Waals surface area contributed by atoms with Crippen molar-refractivity contribution in [3.63, 3.8) is 0 Å². The normalized spacial score (nSPS) is 19.7. The topological polar surface area (TPSA) is 142 Å². The Kier molecular flexibility index (Phi) is 8.04. The van der Waals surface area contributed by atoms with Crippen LogP contribution in [-0.4, -0.2) is 76.2 Å². The van der Waals surface area contributed by atoms with Gasteiger partial charge >= 0.3 is 6.09 Å². The summed E-state index contributed by atoms with van der Waals surface area (Å²) in [4.78, 5) is 77.1. The molecule has 0 aliphatic carbocycles. The summed E-state index contributed by atoms with van der Waals surface area (Å²) in [6.45, 7) is 6.44. The summed E-state index contributed by atoms with van der Waals surface area (Å²) in [6, 6.07) is 3.65. The van der Waals surface area contributed by atoms with Gasteiger partial charge in [0, 0.05) is 44.0 Å². The highest BCUT2D eigenvalue weighted by Crippen LogP contribution is 2.29. The van der Waals surface area contributed by atoms with Crippen molar-refractivity contribution < 1.29 is 33.5 Å². The molecule has 1 aromatic rings. The number of imide groups is 2. The fourth-order valence-corrected chi connectivity index (χ4v) is 4.85. The van der Waals surface area contributed by atoms with Crippen LogP contribution in [0.15, 0.2) is 18.2 Å². The summed E-state index contributed by atoms with van der Waals surface area (Å²) in [5.41, 5.74) is 0.0698. The molecule has 3 aliphatic rings. The zero-order chi connectivity index (χ0) is 28.3. The summed E-state index contributed by atoms with van der Waals surface area (Å²) in [5, 5.41) is 5.02. The third-order valence-electron chi connectivity index (χ3n) is 6.72. The summed E-state index contributed by atoms with van der Waals surface area (Å²) in [5.74, 6) is 3.47. The van der Waals surface area contributed by atoms with Crippen molar-refractivity contribution in [2.75, 3.05) is 13.1 Å². The molecule has 2 fully saturated rings. The number of carbonyl (C=O) groups is 6. The third kappa shape index (κ3) is 6.45. The van der Waals surface area contributed by atoms with Crippen molar-refractivity contribution in [2.45, 2.75) is 77.0 Å². The van der Waals surface area contributed by atoms with E-state index in [9.17, 15) is 28.8 Å². The number of alkyl carbamates (subject to hydrolysis) is 1. The fourth-order valence-electron chi connectivity index (χ4n) is 4.85. The molecule has 0 saturated carbocycles. The van der Waals surface area contributed by atoms with Gasteiger partial charge in [0.15, 0.2) is 0 Å². The molecule has 11 nitrogen and oxygen atoms in total. The van der Waals surface area contributed by atoms with Gasteiger partial charge in [-0.1, -0.05) is 17.9 Å². The van der Waals surface area contributed by atoms with Crippen LogP contribution in [0.5, 0.6) is 0 Å². The molecule has 0 radical (unpaired) electrons. The molecule has 4 rings (SSSR count). The number of fused-ring (bicyclic) bond motifs is 1. The van der Waals surface area contributed by atoms with E-state index in [1.807, 2.05) is 0 Å². The Morgan fingerprint density at radius 2 is 1.79 bits per heavy atom. The largest absolute Gasteiger partial charge is 0.444 e. The van der Waals surface area contributed by atoms with E-state index in [1.165, 1.54) is 6.07 Å². The van der Waals surface area contributed by atoms with Crippen molar-refractivity contribution in [1.82, 2.24) is 20.4 Å². The Labute approximate surface area is 226 Å². The lowest BCUT2D eigenvalue weighted by Gasteiger charge is -2.32. The molecule has 2 N–H and O–H groups in total. The van der Waals surface area contributed by atoms with E-state index in [0.29, 0.717) is 31.5 Å². The van der Waals surface area contributed by atoms with Gasteiger partial charge in [0.25, 0.3) is 11.8 Å². The molecular weight excluding hydrogens is 504 g/mol. The number of carbonyl (C=O) groups excluding carboxylic acids is 6. The van der Waals surface area contributed by atoms with Crippen molar-refractivity contribution in [3.8, 4) is 11.8 Å². The van der Waals surface area contributed by atoms with Crippen molar-refractivity contribution in [2.24, 2.45) is 0 Å². The molecule has 2 saturated heterocycles. The Bertz CT molecular complexity index is 1280. The second-order valence-electron chi connectivity index (χ2n) is 10.8. The summed E-state index contributed by atoms with van der Waals surface area (Å²) in [7, 11) is 0.